The van der Waals surface area contributed by atoms with Crippen LogP contribution >= 0.6 is 0 Å². The number of carbonyl (C=O) groups is 1. The third-order valence-electron chi connectivity index (χ3n) is 4.39. The molecule has 0 bridgehead atoms. The molecule has 0 unspecified atom stereocenters. The average Bonchev–Trinajstić information content (AvgIpc) is 2.49. The average molecular weight is 288 g/mol. The van der Waals surface area contributed by atoms with Crippen LogP contribution in [0.5, 0.6) is 0 Å². The van der Waals surface area contributed by atoms with Crippen LogP contribution in [0.1, 0.15) is 50.5 Å². The van der Waals surface area contributed by atoms with E-state index in [1.54, 1.807) is 0 Å². The van der Waals surface area contributed by atoms with Crippen molar-refractivity contribution < 1.29 is 4.79 Å². The zero-order chi connectivity index (χ0) is 15.1. The van der Waals surface area contributed by atoms with Gasteiger partial charge in [-0.2, -0.15) is 0 Å². The Bertz CT molecular complexity index is 452. The van der Waals surface area contributed by atoms with Gasteiger partial charge in [-0.15, -0.1) is 0 Å². The summed E-state index contributed by atoms with van der Waals surface area (Å²) < 4.78 is 0. The number of amides is 1. The third-order valence-corrected chi connectivity index (χ3v) is 4.39. The van der Waals surface area contributed by atoms with Crippen LogP contribution in [0.25, 0.3) is 0 Å². The second kappa shape index (κ2) is 8.18. The number of nitrogens with two attached hydrogens (primary N) is 1. The van der Waals surface area contributed by atoms with Gasteiger partial charge < -0.3 is 10.6 Å². The largest absolute Gasteiger partial charge is 0.330 e. The van der Waals surface area contributed by atoms with E-state index in [9.17, 15) is 4.79 Å². The minimum absolute atomic E-state index is 0.265. The first-order valence-electron chi connectivity index (χ1n) is 8.28. The normalized spacial score (nSPS) is 15.9. The summed E-state index contributed by atoms with van der Waals surface area (Å²) in [6.45, 7) is 3.42. The number of benzene rings is 1. The van der Waals surface area contributed by atoms with Crippen molar-refractivity contribution in [3.05, 3.63) is 29.8 Å². The summed E-state index contributed by atoms with van der Waals surface area (Å²) in [7, 11) is 0. The van der Waals surface area contributed by atoms with Crippen LogP contribution in [0.3, 0.4) is 0 Å². The van der Waals surface area contributed by atoms with Crippen LogP contribution in [-0.2, 0) is 4.79 Å². The van der Waals surface area contributed by atoms with Crippen molar-refractivity contribution in [2.75, 3.05) is 18.0 Å². The van der Waals surface area contributed by atoms with Gasteiger partial charge >= 0.3 is 0 Å². The Balaban J connectivity index is 2.05. The highest BCUT2D eigenvalue weighted by Crippen LogP contribution is 2.28. The molecule has 2 N–H and O–H groups in total. The van der Waals surface area contributed by atoms with Gasteiger partial charge in [-0.3, -0.25) is 4.79 Å². The van der Waals surface area contributed by atoms with E-state index in [4.69, 9.17) is 5.73 Å². The van der Waals surface area contributed by atoms with E-state index in [1.165, 1.54) is 37.7 Å². The summed E-state index contributed by atoms with van der Waals surface area (Å²) in [4.78, 5) is 14.7. The number of rotatable bonds is 6. The molecule has 3 heteroatoms. The molecule has 0 radical (unpaired) electrons. The number of hydrogen-bond acceptors (Lipinski definition) is 2. The number of anilines is 1. The summed E-state index contributed by atoms with van der Waals surface area (Å²) in [6.07, 6.45) is 7.87. The van der Waals surface area contributed by atoms with Gasteiger partial charge in [-0.1, -0.05) is 31.4 Å². The smallest absolute Gasteiger partial charge is 0.227 e. The second-order valence-electron chi connectivity index (χ2n) is 6.23. The summed E-state index contributed by atoms with van der Waals surface area (Å²) in [5.41, 5.74) is 7.84. The van der Waals surface area contributed by atoms with E-state index in [0.29, 0.717) is 18.9 Å². The topological polar surface area (TPSA) is 46.3 Å². The van der Waals surface area contributed by atoms with Gasteiger partial charge in [0.1, 0.15) is 0 Å². The Morgan fingerprint density at radius 2 is 2.05 bits per heavy atom. The predicted molar refractivity (Wildman–Crippen MR) is 88.4 cm³/mol. The minimum atomic E-state index is 0.265. The molecule has 1 aliphatic carbocycles. The number of carbonyl (C=O) groups excluding carboxylic acids is 1. The van der Waals surface area contributed by atoms with E-state index in [1.807, 2.05) is 17.0 Å². The van der Waals surface area contributed by atoms with Crippen molar-refractivity contribution in [2.45, 2.75) is 51.9 Å². The Hall–Kier alpha value is -1.35. The van der Waals surface area contributed by atoms with Crippen molar-refractivity contribution in [1.82, 2.24) is 0 Å². The fourth-order valence-electron chi connectivity index (χ4n) is 3.19. The lowest BCUT2D eigenvalue weighted by Crippen LogP contribution is -2.34. The number of aryl methyl sites for hydroxylation is 1. The SMILES string of the molecule is Cc1cccc(N(CCCN)C(=O)CC2CCCCC2)c1. The molecule has 0 atom stereocenters. The van der Waals surface area contributed by atoms with Crippen LogP contribution < -0.4 is 10.6 Å². The van der Waals surface area contributed by atoms with E-state index in [-0.39, 0.29) is 5.91 Å². The predicted octanol–water partition coefficient (Wildman–Crippen LogP) is 3.65. The van der Waals surface area contributed by atoms with E-state index in [2.05, 4.69) is 19.1 Å². The molecule has 1 aromatic carbocycles. The molecule has 1 saturated carbocycles. The van der Waals surface area contributed by atoms with E-state index < -0.39 is 0 Å². The standard InChI is InChI=1S/C18H28N2O/c1-15-7-5-10-17(13-15)20(12-6-11-19)18(21)14-16-8-3-2-4-9-16/h5,7,10,13,16H,2-4,6,8-9,11-12,14,19H2,1H3. The Morgan fingerprint density at radius 3 is 2.71 bits per heavy atom. The minimum Gasteiger partial charge on any atom is -0.330 e. The summed E-state index contributed by atoms with van der Waals surface area (Å²) in [6, 6.07) is 8.21. The molecule has 0 heterocycles. The van der Waals surface area contributed by atoms with Crippen LogP contribution in [0, 0.1) is 12.8 Å². The maximum absolute atomic E-state index is 12.7. The first-order chi connectivity index (χ1) is 10.2. The molecule has 0 saturated heterocycles. The van der Waals surface area contributed by atoms with Gasteiger partial charge in [0.2, 0.25) is 5.91 Å². The molecule has 0 spiro atoms. The van der Waals surface area contributed by atoms with Crippen LogP contribution in [0.4, 0.5) is 5.69 Å². The lowest BCUT2D eigenvalue weighted by molar-refractivity contribution is -0.119. The van der Waals surface area contributed by atoms with Gasteiger partial charge in [0.05, 0.1) is 0 Å². The molecule has 1 amide bonds. The molecule has 1 aromatic rings. The van der Waals surface area contributed by atoms with Gasteiger partial charge in [-0.25, -0.2) is 0 Å². The first kappa shape index (κ1) is 16.0. The quantitative estimate of drug-likeness (QED) is 0.868. The highest BCUT2D eigenvalue weighted by Gasteiger charge is 2.21. The monoisotopic (exact) mass is 288 g/mol. The third kappa shape index (κ3) is 4.85. The van der Waals surface area contributed by atoms with Crippen molar-refractivity contribution in [2.24, 2.45) is 11.7 Å². The van der Waals surface area contributed by atoms with Crippen molar-refractivity contribution >= 4 is 11.6 Å². The first-order valence-corrected chi connectivity index (χ1v) is 8.28. The summed E-state index contributed by atoms with van der Waals surface area (Å²) in [5.74, 6) is 0.845. The number of nitrogens with zero attached hydrogens (tertiary/aromatic N) is 1. The van der Waals surface area contributed by atoms with Crippen LogP contribution in [0.2, 0.25) is 0 Å². The lowest BCUT2D eigenvalue weighted by Gasteiger charge is -2.27. The fourth-order valence-corrected chi connectivity index (χ4v) is 3.19. The van der Waals surface area contributed by atoms with E-state index >= 15 is 0 Å². The molecular formula is C18H28N2O. The highest BCUT2D eigenvalue weighted by molar-refractivity contribution is 5.93. The lowest BCUT2D eigenvalue weighted by atomic mass is 9.86. The molecular weight excluding hydrogens is 260 g/mol. The van der Waals surface area contributed by atoms with Crippen molar-refractivity contribution in [3.63, 3.8) is 0 Å². The van der Waals surface area contributed by atoms with Gasteiger partial charge in [0.15, 0.2) is 0 Å². The molecule has 116 valence electrons. The van der Waals surface area contributed by atoms with Crippen molar-refractivity contribution in [1.29, 1.82) is 0 Å². The maximum atomic E-state index is 12.7. The maximum Gasteiger partial charge on any atom is 0.227 e. The summed E-state index contributed by atoms with van der Waals surface area (Å²) in [5, 5.41) is 0. The van der Waals surface area contributed by atoms with Gasteiger partial charge in [0.25, 0.3) is 0 Å². The fraction of sp³-hybridized carbons (Fsp3) is 0.611. The number of hydrogen-bond donors (Lipinski definition) is 1. The zero-order valence-corrected chi connectivity index (χ0v) is 13.2. The Kier molecular flexibility index (Phi) is 6.24. The molecule has 0 aliphatic heterocycles. The highest BCUT2D eigenvalue weighted by atomic mass is 16.2. The van der Waals surface area contributed by atoms with Gasteiger partial charge in [-0.05, 0) is 56.3 Å². The van der Waals surface area contributed by atoms with E-state index in [0.717, 1.165) is 18.7 Å². The second-order valence-corrected chi connectivity index (χ2v) is 6.23. The van der Waals surface area contributed by atoms with Gasteiger partial charge in [0, 0.05) is 18.7 Å². The van der Waals surface area contributed by atoms with Crippen LogP contribution in [0.15, 0.2) is 24.3 Å². The molecule has 1 aliphatic rings. The zero-order valence-electron chi connectivity index (χ0n) is 13.2. The molecule has 0 aromatic heterocycles. The van der Waals surface area contributed by atoms with Crippen molar-refractivity contribution in [3.8, 4) is 0 Å². The van der Waals surface area contributed by atoms with Crippen LogP contribution in [-0.4, -0.2) is 19.0 Å². The molecule has 2 rings (SSSR count). The summed E-state index contributed by atoms with van der Waals surface area (Å²) >= 11 is 0. The molecule has 1 fully saturated rings. The molecule has 3 nitrogen and oxygen atoms in total. The Labute approximate surface area is 128 Å². The Morgan fingerprint density at radius 1 is 1.29 bits per heavy atom. The molecule has 21 heavy (non-hydrogen) atoms.